The molecule has 0 aliphatic rings. The number of hydrogen-bond acceptors (Lipinski definition) is 8. The van der Waals surface area contributed by atoms with Crippen LogP contribution < -0.4 is 10.1 Å². The Kier molecular flexibility index (Phi) is 8.73. The van der Waals surface area contributed by atoms with E-state index in [-0.39, 0.29) is 24.4 Å². The summed E-state index contributed by atoms with van der Waals surface area (Å²) in [5.41, 5.74) is 2.76. The van der Waals surface area contributed by atoms with E-state index in [4.69, 9.17) is 9.47 Å². The smallest absolute Gasteiger partial charge is 0.341 e. The van der Waals surface area contributed by atoms with E-state index in [1.54, 1.807) is 13.0 Å². The molecular formula is C24H30N4O4S2. The highest BCUT2D eigenvalue weighted by atomic mass is 32.2. The summed E-state index contributed by atoms with van der Waals surface area (Å²) in [6.07, 6.45) is 0.458. The highest BCUT2D eigenvalue weighted by Crippen LogP contribution is 2.30. The third-order valence-corrected chi connectivity index (χ3v) is 7.45. The van der Waals surface area contributed by atoms with Crippen LogP contribution in [0.1, 0.15) is 59.1 Å². The predicted molar refractivity (Wildman–Crippen MR) is 135 cm³/mol. The van der Waals surface area contributed by atoms with Crippen LogP contribution in [0.5, 0.6) is 5.75 Å². The van der Waals surface area contributed by atoms with Crippen LogP contribution in [0.3, 0.4) is 0 Å². The number of nitrogens with zero attached hydrogens (tertiary/aromatic N) is 3. The van der Waals surface area contributed by atoms with Gasteiger partial charge in [-0.2, -0.15) is 0 Å². The summed E-state index contributed by atoms with van der Waals surface area (Å²) < 4.78 is 13.0. The molecule has 1 atom stereocenters. The normalized spacial score (nSPS) is 11.8. The summed E-state index contributed by atoms with van der Waals surface area (Å²) in [5.74, 6) is 0.893. The third-order valence-electron chi connectivity index (χ3n) is 5.24. The number of carbonyl (C=O) groups is 2. The van der Waals surface area contributed by atoms with E-state index in [9.17, 15) is 9.59 Å². The molecule has 0 saturated heterocycles. The third kappa shape index (κ3) is 6.18. The van der Waals surface area contributed by atoms with Crippen molar-refractivity contribution in [3.05, 3.63) is 51.7 Å². The van der Waals surface area contributed by atoms with Gasteiger partial charge in [-0.3, -0.25) is 4.79 Å². The molecule has 34 heavy (non-hydrogen) atoms. The van der Waals surface area contributed by atoms with Crippen LogP contribution in [0.15, 0.2) is 29.4 Å². The molecule has 1 amide bonds. The van der Waals surface area contributed by atoms with Gasteiger partial charge in [-0.05, 0) is 63.4 Å². The number of thiophene rings is 1. The summed E-state index contributed by atoms with van der Waals surface area (Å²) >= 11 is 2.66. The van der Waals surface area contributed by atoms with Gasteiger partial charge in [0.05, 0.1) is 17.9 Å². The Labute approximate surface area is 208 Å². The zero-order valence-electron chi connectivity index (χ0n) is 20.3. The molecule has 0 spiro atoms. The van der Waals surface area contributed by atoms with E-state index >= 15 is 0 Å². The van der Waals surface area contributed by atoms with Crippen molar-refractivity contribution in [2.24, 2.45) is 7.05 Å². The summed E-state index contributed by atoms with van der Waals surface area (Å²) in [5, 5.41) is 12.4. The molecule has 0 fully saturated rings. The van der Waals surface area contributed by atoms with Crippen molar-refractivity contribution in [2.45, 2.75) is 52.3 Å². The highest BCUT2D eigenvalue weighted by Gasteiger charge is 2.21. The molecule has 0 aliphatic carbocycles. The van der Waals surface area contributed by atoms with Crippen LogP contribution in [-0.2, 0) is 23.0 Å². The molecule has 0 aliphatic heterocycles. The molecule has 0 saturated carbocycles. The molecule has 2 aromatic heterocycles. The first-order chi connectivity index (χ1) is 16.2. The van der Waals surface area contributed by atoms with Gasteiger partial charge in [0.15, 0.2) is 17.1 Å². The molecule has 10 heteroatoms. The van der Waals surface area contributed by atoms with Gasteiger partial charge in [-0.15, -0.1) is 21.5 Å². The first-order valence-corrected chi connectivity index (χ1v) is 12.9. The van der Waals surface area contributed by atoms with Gasteiger partial charge >= 0.3 is 5.97 Å². The second-order valence-corrected chi connectivity index (χ2v) is 9.85. The van der Waals surface area contributed by atoms with Gasteiger partial charge in [0, 0.05) is 11.9 Å². The summed E-state index contributed by atoms with van der Waals surface area (Å²) in [4.78, 5) is 25.8. The number of rotatable bonds is 10. The number of aryl methyl sites for hydroxylation is 3. The van der Waals surface area contributed by atoms with E-state index in [1.807, 2.05) is 50.6 Å². The number of thioether (sulfide) groups is 1. The molecule has 2 heterocycles. The average molecular weight is 503 g/mol. The number of hydrogen-bond donors (Lipinski definition) is 1. The van der Waals surface area contributed by atoms with Gasteiger partial charge in [-0.1, -0.05) is 24.8 Å². The highest BCUT2D eigenvalue weighted by molar-refractivity contribution is 7.99. The number of benzene rings is 1. The molecule has 0 bridgehead atoms. The molecule has 3 aromatic rings. The van der Waals surface area contributed by atoms with Gasteiger partial charge < -0.3 is 19.4 Å². The summed E-state index contributed by atoms with van der Waals surface area (Å²) in [7, 11) is 1.85. The maximum Gasteiger partial charge on any atom is 0.341 e. The second-order valence-electron chi connectivity index (χ2n) is 7.77. The van der Waals surface area contributed by atoms with Gasteiger partial charge in [0.25, 0.3) is 0 Å². The average Bonchev–Trinajstić information content (AvgIpc) is 3.38. The Morgan fingerprint density at radius 2 is 1.94 bits per heavy atom. The fraction of sp³-hybridized carbons (Fsp3) is 0.417. The standard InChI is InChI=1S/C24H30N4O4S2/c1-7-18-12-19(23(30)31-8-2)22(34-18)25-20(29)13-33-24-27-26-21(28(24)6)16(5)32-17-10-9-14(3)15(4)11-17/h9-12,16H,7-8,13H2,1-6H3,(H,25,29). The minimum atomic E-state index is -0.433. The second kappa shape index (κ2) is 11.5. The minimum absolute atomic E-state index is 0.125. The zero-order chi connectivity index (χ0) is 24.8. The number of carbonyl (C=O) groups excluding carboxylic acids is 2. The molecule has 1 N–H and O–H groups in total. The van der Waals surface area contributed by atoms with Crippen LogP contribution in [0.25, 0.3) is 0 Å². The molecule has 3 rings (SSSR count). The quantitative estimate of drug-likeness (QED) is 0.304. The lowest BCUT2D eigenvalue weighted by Crippen LogP contribution is -2.16. The van der Waals surface area contributed by atoms with E-state index in [0.717, 1.165) is 22.6 Å². The Balaban J connectivity index is 1.62. The van der Waals surface area contributed by atoms with Crippen LogP contribution in [-0.4, -0.2) is 39.0 Å². The molecular weight excluding hydrogens is 472 g/mol. The number of anilines is 1. The van der Waals surface area contributed by atoms with Gasteiger partial charge in [0.1, 0.15) is 10.8 Å². The monoisotopic (exact) mass is 502 g/mol. The lowest BCUT2D eigenvalue weighted by Gasteiger charge is -2.15. The number of esters is 1. The first kappa shape index (κ1) is 25.8. The Hall–Kier alpha value is -2.85. The first-order valence-electron chi connectivity index (χ1n) is 11.1. The maximum atomic E-state index is 12.6. The van der Waals surface area contributed by atoms with Crippen molar-refractivity contribution >= 4 is 40.0 Å². The van der Waals surface area contributed by atoms with Crippen LogP contribution in [0, 0.1) is 13.8 Å². The lowest BCUT2D eigenvalue weighted by molar-refractivity contribution is -0.113. The van der Waals surface area contributed by atoms with Crippen LogP contribution in [0.2, 0.25) is 0 Å². The van der Waals surface area contributed by atoms with Crippen molar-refractivity contribution in [2.75, 3.05) is 17.7 Å². The minimum Gasteiger partial charge on any atom is -0.483 e. The van der Waals surface area contributed by atoms with Crippen molar-refractivity contribution in [3.8, 4) is 5.75 Å². The zero-order valence-corrected chi connectivity index (χ0v) is 21.9. The topological polar surface area (TPSA) is 95.3 Å². The Bertz CT molecular complexity index is 1170. The number of ether oxygens (including phenoxy) is 2. The van der Waals surface area contributed by atoms with E-state index < -0.39 is 5.97 Å². The Morgan fingerprint density at radius 1 is 1.18 bits per heavy atom. The number of nitrogens with one attached hydrogen (secondary N) is 1. The molecule has 1 aromatic carbocycles. The fourth-order valence-electron chi connectivity index (χ4n) is 3.21. The van der Waals surface area contributed by atoms with E-state index in [1.165, 1.54) is 28.7 Å². The maximum absolute atomic E-state index is 12.6. The van der Waals surface area contributed by atoms with E-state index in [2.05, 4.69) is 22.4 Å². The van der Waals surface area contributed by atoms with Crippen molar-refractivity contribution in [1.82, 2.24) is 14.8 Å². The summed E-state index contributed by atoms with van der Waals surface area (Å²) in [6, 6.07) is 7.74. The van der Waals surface area contributed by atoms with E-state index in [0.29, 0.717) is 21.5 Å². The largest absolute Gasteiger partial charge is 0.483 e. The molecule has 0 radical (unpaired) electrons. The number of aromatic nitrogens is 3. The molecule has 1 unspecified atom stereocenters. The SMILES string of the molecule is CCOC(=O)c1cc(CC)sc1NC(=O)CSc1nnc(C(C)Oc2ccc(C)c(C)c2)n1C. The predicted octanol–water partition coefficient (Wildman–Crippen LogP) is 5.10. The lowest BCUT2D eigenvalue weighted by atomic mass is 10.1. The molecule has 8 nitrogen and oxygen atoms in total. The molecule has 182 valence electrons. The van der Waals surface area contributed by atoms with Crippen molar-refractivity contribution in [3.63, 3.8) is 0 Å². The van der Waals surface area contributed by atoms with Crippen molar-refractivity contribution < 1.29 is 19.1 Å². The summed E-state index contributed by atoms with van der Waals surface area (Å²) in [6.45, 7) is 10.0. The number of amides is 1. The van der Waals surface area contributed by atoms with Crippen LogP contribution >= 0.6 is 23.1 Å². The fourth-order valence-corrected chi connectivity index (χ4v) is 4.93. The van der Waals surface area contributed by atoms with Crippen LogP contribution in [0.4, 0.5) is 5.00 Å². The van der Waals surface area contributed by atoms with Crippen molar-refractivity contribution in [1.29, 1.82) is 0 Å². The van der Waals surface area contributed by atoms with Gasteiger partial charge in [-0.25, -0.2) is 4.79 Å². The van der Waals surface area contributed by atoms with Gasteiger partial charge in [0.2, 0.25) is 5.91 Å². The Morgan fingerprint density at radius 3 is 2.62 bits per heavy atom.